The molecule has 2 heterocycles. The number of aryl methyl sites for hydroxylation is 1. The zero-order valence-electron chi connectivity index (χ0n) is 11.8. The third kappa shape index (κ3) is 2.33. The monoisotopic (exact) mass is 293 g/mol. The molecule has 1 aromatic heterocycles. The van der Waals surface area contributed by atoms with E-state index in [2.05, 4.69) is 14.9 Å². The summed E-state index contributed by atoms with van der Waals surface area (Å²) in [5.41, 5.74) is 1.80. The number of nitrogens with zero attached hydrogens (tertiary/aromatic N) is 2. The molecule has 1 aliphatic rings. The molecule has 0 saturated carbocycles. The van der Waals surface area contributed by atoms with Crippen LogP contribution in [0.2, 0.25) is 0 Å². The van der Waals surface area contributed by atoms with Crippen molar-refractivity contribution in [2.45, 2.75) is 30.7 Å². The molecule has 5 nitrogen and oxygen atoms in total. The van der Waals surface area contributed by atoms with Crippen molar-refractivity contribution in [3.05, 3.63) is 24.0 Å². The summed E-state index contributed by atoms with van der Waals surface area (Å²) in [7, 11) is -3.18. The van der Waals surface area contributed by atoms with Gasteiger partial charge in [0.05, 0.1) is 15.9 Å². The number of nitrogens with one attached hydrogen (secondary N) is 1. The highest BCUT2D eigenvalue weighted by Crippen LogP contribution is 2.27. The first-order valence-electron chi connectivity index (χ1n) is 6.86. The normalized spacial score (nSPS) is 17.7. The Morgan fingerprint density at radius 3 is 2.65 bits per heavy atom. The Bertz CT molecular complexity index is 743. The van der Waals surface area contributed by atoms with Crippen LogP contribution in [-0.4, -0.2) is 37.3 Å². The van der Waals surface area contributed by atoms with Gasteiger partial charge in [0, 0.05) is 12.3 Å². The predicted molar refractivity (Wildman–Crippen MR) is 78.7 cm³/mol. The minimum atomic E-state index is -3.18. The number of rotatable bonds is 2. The van der Waals surface area contributed by atoms with Crippen LogP contribution in [0.25, 0.3) is 11.0 Å². The zero-order valence-corrected chi connectivity index (χ0v) is 12.6. The second-order valence-electron chi connectivity index (χ2n) is 5.43. The van der Waals surface area contributed by atoms with Crippen molar-refractivity contribution >= 4 is 20.9 Å². The van der Waals surface area contributed by atoms with Gasteiger partial charge in [-0.3, -0.25) is 0 Å². The molecule has 0 spiro atoms. The molecule has 0 unspecified atom stereocenters. The average Bonchev–Trinajstić information content (AvgIpc) is 2.73. The van der Waals surface area contributed by atoms with Crippen LogP contribution in [-0.2, 0) is 9.84 Å². The number of hydrogen-bond donors (Lipinski definition) is 1. The van der Waals surface area contributed by atoms with Crippen LogP contribution in [0.3, 0.4) is 0 Å². The Balaban J connectivity index is 2.12. The molecule has 6 heteroatoms. The van der Waals surface area contributed by atoms with Crippen molar-refractivity contribution in [1.82, 2.24) is 14.9 Å². The van der Waals surface area contributed by atoms with E-state index in [1.54, 1.807) is 12.1 Å². The molecule has 1 aromatic carbocycles. The van der Waals surface area contributed by atoms with Crippen LogP contribution < -0.4 is 5.32 Å². The van der Waals surface area contributed by atoms with E-state index >= 15 is 0 Å². The Morgan fingerprint density at radius 1 is 1.30 bits per heavy atom. The molecule has 1 N–H and O–H groups in total. The van der Waals surface area contributed by atoms with Gasteiger partial charge in [0.15, 0.2) is 9.84 Å². The summed E-state index contributed by atoms with van der Waals surface area (Å²) < 4.78 is 25.5. The smallest absolute Gasteiger partial charge is 0.175 e. The fourth-order valence-electron chi connectivity index (χ4n) is 2.96. The van der Waals surface area contributed by atoms with Crippen LogP contribution in [0.5, 0.6) is 0 Å². The van der Waals surface area contributed by atoms with Crippen LogP contribution in [0, 0.1) is 6.92 Å². The number of imidazole rings is 1. The van der Waals surface area contributed by atoms with E-state index in [4.69, 9.17) is 0 Å². The molecule has 108 valence electrons. The number of fused-ring (bicyclic) bond motifs is 1. The first-order chi connectivity index (χ1) is 9.47. The van der Waals surface area contributed by atoms with Crippen molar-refractivity contribution in [1.29, 1.82) is 0 Å². The quantitative estimate of drug-likeness (QED) is 0.915. The second-order valence-corrected chi connectivity index (χ2v) is 7.45. The number of piperidine rings is 1. The van der Waals surface area contributed by atoms with Gasteiger partial charge in [0.1, 0.15) is 5.82 Å². The first kappa shape index (κ1) is 13.6. The predicted octanol–water partition coefficient (Wildman–Crippen LogP) is 1.67. The summed E-state index contributed by atoms with van der Waals surface area (Å²) in [6.07, 6.45) is 3.39. The van der Waals surface area contributed by atoms with Gasteiger partial charge in [-0.25, -0.2) is 13.4 Å². The Hall–Kier alpha value is -1.40. The maximum atomic E-state index is 11.6. The van der Waals surface area contributed by atoms with E-state index in [9.17, 15) is 8.42 Å². The number of aromatic nitrogens is 2. The minimum Gasteiger partial charge on any atom is -0.325 e. The molecule has 0 radical (unpaired) electrons. The summed E-state index contributed by atoms with van der Waals surface area (Å²) in [4.78, 5) is 4.87. The van der Waals surface area contributed by atoms with Gasteiger partial charge in [-0.15, -0.1) is 0 Å². The number of hydrogen-bond acceptors (Lipinski definition) is 4. The van der Waals surface area contributed by atoms with Gasteiger partial charge < -0.3 is 9.88 Å². The molecule has 1 fully saturated rings. The van der Waals surface area contributed by atoms with Crippen LogP contribution >= 0.6 is 0 Å². The van der Waals surface area contributed by atoms with E-state index < -0.39 is 9.84 Å². The summed E-state index contributed by atoms with van der Waals surface area (Å²) in [5, 5.41) is 3.36. The van der Waals surface area contributed by atoms with Crippen LogP contribution in [0.15, 0.2) is 23.1 Å². The number of sulfone groups is 1. The van der Waals surface area contributed by atoms with Gasteiger partial charge in [-0.1, -0.05) is 0 Å². The molecule has 0 amide bonds. The fraction of sp³-hybridized carbons (Fsp3) is 0.500. The Kier molecular flexibility index (Phi) is 3.30. The van der Waals surface area contributed by atoms with Gasteiger partial charge >= 0.3 is 0 Å². The fourth-order valence-corrected chi connectivity index (χ4v) is 3.60. The highest BCUT2D eigenvalue weighted by Gasteiger charge is 2.20. The molecule has 20 heavy (non-hydrogen) atoms. The third-order valence-corrected chi connectivity index (χ3v) is 5.05. The number of benzene rings is 1. The Labute approximate surface area is 118 Å². The molecule has 1 saturated heterocycles. The lowest BCUT2D eigenvalue weighted by atomic mass is 10.1. The largest absolute Gasteiger partial charge is 0.325 e. The van der Waals surface area contributed by atoms with Crippen molar-refractivity contribution in [2.24, 2.45) is 0 Å². The van der Waals surface area contributed by atoms with Crippen molar-refractivity contribution in [2.75, 3.05) is 19.3 Å². The maximum absolute atomic E-state index is 11.6. The van der Waals surface area contributed by atoms with Crippen molar-refractivity contribution < 1.29 is 8.42 Å². The zero-order chi connectivity index (χ0) is 14.3. The minimum absolute atomic E-state index is 0.333. The lowest BCUT2D eigenvalue weighted by Gasteiger charge is -2.25. The highest BCUT2D eigenvalue weighted by atomic mass is 32.2. The van der Waals surface area contributed by atoms with Gasteiger partial charge in [-0.2, -0.15) is 0 Å². The molecule has 3 rings (SSSR count). The van der Waals surface area contributed by atoms with E-state index in [0.29, 0.717) is 10.9 Å². The second kappa shape index (κ2) is 4.86. The summed E-state index contributed by atoms with van der Waals surface area (Å²) in [6, 6.07) is 5.68. The highest BCUT2D eigenvalue weighted by molar-refractivity contribution is 7.90. The standard InChI is InChI=1S/C14H19N3O2S/c1-10-16-13-9-12(20(2,18)19)3-4-14(13)17(10)11-5-7-15-8-6-11/h3-4,9,11,15H,5-8H2,1-2H3. The average molecular weight is 293 g/mol. The van der Waals surface area contributed by atoms with Crippen LogP contribution in [0.4, 0.5) is 0 Å². The molecule has 0 atom stereocenters. The maximum Gasteiger partial charge on any atom is 0.175 e. The lowest BCUT2D eigenvalue weighted by molar-refractivity contribution is 0.370. The van der Waals surface area contributed by atoms with Gasteiger partial charge in [-0.05, 0) is 51.1 Å². The van der Waals surface area contributed by atoms with E-state index in [1.165, 1.54) is 6.26 Å². The summed E-state index contributed by atoms with van der Waals surface area (Å²) in [6.45, 7) is 4.03. The Morgan fingerprint density at radius 2 is 2.00 bits per heavy atom. The summed E-state index contributed by atoms with van der Waals surface area (Å²) >= 11 is 0. The third-order valence-electron chi connectivity index (χ3n) is 3.94. The first-order valence-corrected chi connectivity index (χ1v) is 8.75. The van der Waals surface area contributed by atoms with Gasteiger partial charge in [0.25, 0.3) is 0 Å². The summed E-state index contributed by atoms with van der Waals surface area (Å²) in [5.74, 6) is 0.956. The molecule has 2 aromatic rings. The molecule has 0 aliphatic carbocycles. The molecular formula is C14H19N3O2S. The van der Waals surface area contributed by atoms with E-state index in [0.717, 1.165) is 42.8 Å². The van der Waals surface area contributed by atoms with E-state index in [1.807, 2.05) is 13.0 Å². The van der Waals surface area contributed by atoms with Crippen molar-refractivity contribution in [3.8, 4) is 0 Å². The lowest BCUT2D eigenvalue weighted by Crippen LogP contribution is -2.29. The van der Waals surface area contributed by atoms with E-state index in [-0.39, 0.29) is 0 Å². The molecule has 1 aliphatic heterocycles. The molecule has 0 bridgehead atoms. The molecular weight excluding hydrogens is 274 g/mol. The van der Waals surface area contributed by atoms with Crippen LogP contribution in [0.1, 0.15) is 24.7 Å². The van der Waals surface area contributed by atoms with Gasteiger partial charge in [0.2, 0.25) is 0 Å². The van der Waals surface area contributed by atoms with Crippen molar-refractivity contribution in [3.63, 3.8) is 0 Å². The topological polar surface area (TPSA) is 64.0 Å². The SMILES string of the molecule is Cc1nc2cc(S(C)(=O)=O)ccc2n1C1CCNCC1.